The van der Waals surface area contributed by atoms with Crippen LogP contribution >= 0.6 is 23.2 Å². The van der Waals surface area contributed by atoms with Crippen LogP contribution in [0.3, 0.4) is 0 Å². The van der Waals surface area contributed by atoms with Gasteiger partial charge >= 0.3 is 0 Å². The molecule has 0 aromatic carbocycles. The van der Waals surface area contributed by atoms with E-state index in [1.807, 2.05) is 0 Å². The monoisotopic (exact) mass is 210 g/mol. The molecule has 0 aromatic heterocycles. The lowest BCUT2D eigenvalue weighted by atomic mass is 9.96. The summed E-state index contributed by atoms with van der Waals surface area (Å²) >= 11 is 11.3. The van der Waals surface area contributed by atoms with E-state index >= 15 is 0 Å². The Balaban J connectivity index is 3.19. The first-order valence-electron chi connectivity index (χ1n) is 4.97. The lowest BCUT2D eigenvalue weighted by Gasteiger charge is -2.11. The first-order valence-corrected chi connectivity index (χ1v) is 6.04. The summed E-state index contributed by atoms with van der Waals surface area (Å²) in [4.78, 5) is 0. The normalized spacial score (nSPS) is 13.2. The zero-order valence-corrected chi connectivity index (χ0v) is 9.50. The first-order chi connectivity index (χ1) is 5.85. The highest BCUT2D eigenvalue weighted by Gasteiger charge is 2.04. The fourth-order valence-corrected chi connectivity index (χ4v) is 1.91. The molecule has 0 fully saturated rings. The average Bonchev–Trinajstić information content (AvgIpc) is 2.10. The van der Waals surface area contributed by atoms with Crippen molar-refractivity contribution < 1.29 is 0 Å². The van der Waals surface area contributed by atoms with Gasteiger partial charge in [0.1, 0.15) is 0 Å². The lowest BCUT2D eigenvalue weighted by Crippen LogP contribution is -1.99. The number of hydrogen-bond donors (Lipinski definition) is 0. The zero-order chi connectivity index (χ0) is 9.23. The topological polar surface area (TPSA) is 0 Å². The van der Waals surface area contributed by atoms with Gasteiger partial charge in [-0.05, 0) is 18.8 Å². The Labute approximate surface area is 86.6 Å². The molecule has 0 bridgehead atoms. The Kier molecular flexibility index (Phi) is 10.1. The molecule has 0 nitrogen and oxygen atoms in total. The van der Waals surface area contributed by atoms with Crippen molar-refractivity contribution in [3.05, 3.63) is 0 Å². The van der Waals surface area contributed by atoms with Crippen LogP contribution in [0.15, 0.2) is 0 Å². The smallest absolute Gasteiger partial charge is 0.0226 e. The second kappa shape index (κ2) is 9.67. The van der Waals surface area contributed by atoms with Gasteiger partial charge in [0, 0.05) is 11.8 Å². The molecule has 0 saturated heterocycles. The summed E-state index contributed by atoms with van der Waals surface area (Å²) in [6.45, 7) is 2.25. The zero-order valence-electron chi connectivity index (χ0n) is 7.99. The predicted molar refractivity (Wildman–Crippen MR) is 58.3 cm³/mol. The number of halogens is 2. The number of alkyl halides is 2. The first kappa shape index (κ1) is 12.6. The quantitative estimate of drug-likeness (QED) is 0.411. The highest BCUT2D eigenvalue weighted by molar-refractivity contribution is 6.18. The fraction of sp³-hybridized carbons (Fsp3) is 1.00. The van der Waals surface area contributed by atoms with Gasteiger partial charge in [0.15, 0.2) is 0 Å². The van der Waals surface area contributed by atoms with E-state index in [0.717, 1.165) is 17.7 Å². The summed E-state index contributed by atoms with van der Waals surface area (Å²) < 4.78 is 0. The van der Waals surface area contributed by atoms with Crippen LogP contribution in [0.2, 0.25) is 0 Å². The van der Waals surface area contributed by atoms with Gasteiger partial charge in [0.25, 0.3) is 0 Å². The molecule has 1 atom stereocenters. The van der Waals surface area contributed by atoms with Crippen LogP contribution < -0.4 is 0 Å². The minimum Gasteiger partial charge on any atom is -0.127 e. The molecular formula is C10H20Cl2. The van der Waals surface area contributed by atoms with Crippen LogP contribution in [-0.4, -0.2) is 11.8 Å². The van der Waals surface area contributed by atoms with Gasteiger partial charge in [0.05, 0.1) is 0 Å². The third-order valence-electron chi connectivity index (χ3n) is 2.34. The molecule has 0 radical (unpaired) electrons. The maximum absolute atomic E-state index is 5.69. The second-order valence-corrected chi connectivity index (χ2v) is 4.05. The van der Waals surface area contributed by atoms with Gasteiger partial charge in [0.2, 0.25) is 0 Å². The molecule has 2 heteroatoms. The van der Waals surface area contributed by atoms with Crippen molar-refractivity contribution in [2.45, 2.75) is 45.4 Å². The minimum atomic E-state index is 0.812. The van der Waals surface area contributed by atoms with E-state index < -0.39 is 0 Å². The molecule has 0 heterocycles. The van der Waals surface area contributed by atoms with Gasteiger partial charge in [-0.3, -0.25) is 0 Å². The van der Waals surface area contributed by atoms with Crippen LogP contribution in [0.25, 0.3) is 0 Å². The highest BCUT2D eigenvalue weighted by Crippen LogP contribution is 2.17. The van der Waals surface area contributed by atoms with Crippen molar-refractivity contribution in [1.29, 1.82) is 0 Å². The van der Waals surface area contributed by atoms with Crippen LogP contribution in [0.4, 0.5) is 0 Å². The summed E-state index contributed by atoms with van der Waals surface area (Å²) in [6, 6.07) is 0. The minimum absolute atomic E-state index is 0.812. The highest BCUT2D eigenvalue weighted by atomic mass is 35.5. The third-order valence-corrected chi connectivity index (χ3v) is 2.83. The fourth-order valence-electron chi connectivity index (χ4n) is 1.41. The Morgan fingerprint density at radius 1 is 0.917 bits per heavy atom. The van der Waals surface area contributed by atoms with E-state index in [1.54, 1.807) is 0 Å². The summed E-state index contributed by atoms with van der Waals surface area (Å²) in [5.74, 6) is 2.47. The van der Waals surface area contributed by atoms with Crippen molar-refractivity contribution in [2.75, 3.05) is 11.8 Å². The Hall–Kier alpha value is 0.580. The third kappa shape index (κ3) is 7.24. The standard InChI is InChI=1S/C10H20Cl2/c1-2-10(7-9-12)6-4-3-5-8-11/h10H,2-9H2,1H3. The Bertz CT molecular complexity index is 83.9. The van der Waals surface area contributed by atoms with Crippen LogP contribution in [0, 0.1) is 5.92 Å². The predicted octanol–water partition coefficient (Wildman–Crippen LogP) is 4.44. The molecule has 0 N–H and O–H groups in total. The van der Waals surface area contributed by atoms with Gasteiger partial charge in [-0.25, -0.2) is 0 Å². The number of unbranched alkanes of at least 4 members (excludes halogenated alkanes) is 2. The molecule has 0 amide bonds. The van der Waals surface area contributed by atoms with E-state index in [9.17, 15) is 0 Å². The number of hydrogen-bond acceptors (Lipinski definition) is 0. The van der Waals surface area contributed by atoms with Crippen molar-refractivity contribution in [1.82, 2.24) is 0 Å². The van der Waals surface area contributed by atoms with Gasteiger partial charge in [-0.2, -0.15) is 0 Å². The molecular weight excluding hydrogens is 191 g/mol. The molecule has 1 unspecified atom stereocenters. The van der Waals surface area contributed by atoms with Gasteiger partial charge in [-0.1, -0.05) is 32.6 Å². The van der Waals surface area contributed by atoms with Crippen molar-refractivity contribution in [3.8, 4) is 0 Å². The van der Waals surface area contributed by atoms with E-state index in [4.69, 9.17) is 23.2 Å². The van der Waals surface area contributed by atoms with E-state index in [2.05, 4.69) is 6.92 Å². The number of rotatable bonds is 8. The van der Waals surface area contributed by atoms with Crippen LogP contribution in [-0.2, 0) is 0 Å². The molecule has 74 valence electrons. The van der Waals surface area contributed by atoms with Crippen LogP contribution in [0.1, 0.15) is 45.4 Å². The van der Waals surface area contributed by atoms with Crippen molar-refractivity contribution in [3.63, 3.8) is 0 Å². The van der Waals surface area contributed by atoms with Crippen LogP contribution in [0.5, 0.6) is 0 Å². The maximum atomic E-state index is 5.69. The molecule has 0 aliphatic heterocycles. The van der Waals surface area contributed by atoms with Gasteiger partial charge in [-0.15, -0.1) is 23.2 Å². The lowest BCUT2D eigenvalue weighted by molar-refractivity contribution is 0.435. The molecule has 0 spiro atoms. The Morgan fingerprint density at radius 3 is 2.17 bits per heavy atom. The molecule has 12 heavy (non-hydrogen) atoms. The van der Waals surface area contributed by atoms with Gasteiger partial charge < -0.3 is 0 Å². The summed E-state index contributed by atoms with van der Waals surface area (Å²) in [5, 5.41) is 0. The Morgan fingerprint density at radius 2 is 1.67 bits per heavy atom. The SMILES string of the molecule is CCC(CCCl)CCCCCCl. The summed E-state index contributed by atoms with van der Waals surface area (Å²) in [5.41, 5.74) is 0. The summed E-state index contributed by atoms with van der Waals surface area (Å²) in [7, 11) is 0. The van der Waals surface area contributed by atoms with E-state index in [0.29, 0.717) is 0 Å². The molecule has 0 aliphatic carbocycles. The molecule has 0 rings (SSSR count). The average molecular weight is 211 g/mol. The molecule has 0 aliphatic rings. The molecule has 0 saturated carbocycles. The largest absolute Gasteiger partial charge is 0.127 e. The maximum Gasteiger partial charge on any atom is 0.0226 e. The van der Waals surface area contributed by atoms with Crippen molar-refractivity contribution in [2.24, 2.45) is 5.92 Å². The van der Waals surface area contributed by atoms with E-state index in [1.165, 1.54) is 38.5 Å². The molecule has 0 aromatic rings. The van der Waals surface area contributed by atoms with E-state index in [-0.39, 0.29) is 0 Å². The van der Waals surface area contributed by atoms with Crippen molar-refractivity contribution >= 4 is 23.2 Å². The second-order valence-electron chi connectivity index (χ2n) is 3.29. The summed E-state index contributed by atoms with van der Waals surface area (Å²) in [6.07, 6.45) is 7.55.